The Bertz CT molecular complexity index is 1420. The van der Waals surface area contributed by atoms with Crippen molar-refractivity contribution in [2.75, 3.05) is 51.1 Å². The number of piperidine rings is 3. The number of hydrogen-bond donors (Lipinski definition) is 3. The standard InChI is InChI=1S/C36H49N5O6/c1-24-21-26(22-25(2)33(24)43)23-32(34(44)39-14-8-28(9-15-39)38-18-12-30(42)13-19-38)47-36(46)40-16-10-29(11-17-40)41-20-7-27-5-3-4-6-31(27)37-35(41)45/h3-6,21-22,28-30,32,42-43H,7-20,23H2,1-2H3,(H,37,45)/t32-/m1/s1. The molecule has 6 rings (SSSR count). The molecular formula is C36H49N5O6. The molecule has 254 valence electrons. The second-order valence-electron chi connectivity index (χ2n) is 13.7. The number of nitrogens with one attached hydrogen (secondary N) is 1. The molecule has 1 atom stereocenters. The number of phenolic OH excluding ortho intramolecular Hbond substituents is 1. The Balaban J connectivity index is 1.08. The molecular weight excluding hydrogens is 598 g/mol. The van der Waals surface area contributed by atoms with Gasteiger partial charge in [-0.2, -0.15) is 0 Å². The quantitative estimate of drug-likeness (QED) is 0.432. The molecule has 0 aromatic heterocycles. The number of nitrogens with zero attached hydrogens (tertiary/aromatic N) is 4. The summed E-state index contributed by atoms with van der Waals surface area (Å²) in [5.74, 6) is 0.0377. The Morgan fingerprint density at radius 1 is 0.872 bits per heavy atom. The highest BCUT2D eigenvalue weighted by molar-refractivity contribution is 5.91. The van der Waals surface area contributed by atoms with Crippen LogP contribution in [0.1, 0.15) is 60.8 Å². The summed E-state index contributed by atoms with van der Waals surface area (Å²) in [5.41, 5.74) is 4.24. The molecule has 4 heterocycles. The van der Waals surface area contributed by atoms with Crippen molar-refractivity contribution in [3.8, 4) is 5.75 Å². The number of likely N-dealkylation sites (tertiary alicyclic amines) is 3. The van der Waals surface area contributed by atoms with Crippen LogP contribution in [0.4, 0.5) is 15.3 Å². The molecule has 0 unspecified atom stereocenters. The summed E-state index contributed by atoms with van der Waals surface area (Å²) >= 11 is 0. The fourth-order valence-electron chi connectivity index (χ4n) is 7.76. The molecule has 4 aliphatic heterocycles. The van der Waals surface area contributed by atoms with E-state index in [9.17, 15) is 24.6 Å². The number of carbonyl (C=O) groups is 3. The van der Waals surface area contributed by atoms with Gasteiger partial charge in [0.05, 0.1) is 6.10 Å². The monoisotopic (exact) mass is 647 g/mol. The summed E-state index contributed by atoms with van der Waals surface area (Å²) in [6.07, 6.45) is 3.83. The zero-order valence-electron chi connectivity index (χ0n) is 27.7. The van der Waals surface area contributed by atoms with E-state index in [0.717, 1.165) is 62.0 Å². The van der Waals surface area contributed by atoms with Crippen LogP contribution in [-0.2, 0) is 22.4 Å². The van der Waals surface area contributed by atoms with E-state index < -0.39 is 12.2 Å². The Kier molecular flexibility index (Phi) is 10.2. The number of carbonyl (C=O) groups excluding carboxylic acids is 3. The van der Waals surface area contributed by atoms with Crippen LogP contribution in [0.5, 0.6) is 5.75 Å². The number of phenols is 1. The van der Waals surface area contributed by atoms with Crippen LogP contribution in [0.2, 0.25) is 0 Å². The largest absolute Gasteiger partial charge is 0.507 e. The smallest absolute Gasteiger partial charge is 0.410 e. The number of benzene rings is 2. The van der Waals surface area contributed by atoms with Crippen molar-refractivity contribution in [1.29, 1.82) is 0 Å². The SMILES string of the molecule is Cc1cc(C[C@@H](OC(=O)N2CCC(N3CCc4ccccc4NC3=O)CC2)C(=O)N2CCC(N3CCC(O)CC3)CC2)cc(C)c1O. The molecule has 3 N–H and O–H groups in total. The second-order valence-corrected chi connectivity index (χ2v) is 13.7. The van der Waals surface area contributed by atoms with E-state index in [-0.39, 0.29) is 36.3 Å². The molecule has 0 radical (unpaired) electrons. The third-order valence-electron chi connectivity index (χ3n) is 10.6. The molecule has 2 aromatic carbocycles. The molecule has 0 bridgehead atoms. The van der Waals surface area contributed by atoms with Crippen molar-refractivity contribution in [3.63, 3.8) is 0 Å². The number of rotatable bonds is 6. The predicted molar refractivity (Wildman–Crippen MR) is 178 cm³/mol. The van der Waals surface area contributed by atoms with Gasteiger partial charge in [0.1, 0.15) is 5.75 Å². The Hall–Kier alpha value is -3.83. The number of hydrogen-bond acceptors (Lipinski definition) is 7. The van der Waals surface area contributed by atoms with E-state index in [2.05, 4.69) is 10.2 Å². The summed E-state index contributed by atoms with van der Waals surface area (Å²) in [6, 6.07) is 11.9. The van der Waals surface area contributed by atoms with Crippen molar-refractivity contribution in [1.82, 2.24) is 19.6 Å². The maximum absolute atomic E-state index is 14.0. The Morgan fingerprint density at radius 3 is 2.17 bits per heavy atom. The molecule has 3 saturated heterocycles. The number of aromatic hydroxyl groups is 1. The van der Waals surface area contributed by atoms with Crippen molar-refractivity contribution < 1.29 is 29.3 Å². The molecule has 0 spiro atoms. The Labute approximate surface area is 277 Å². The summed E-state index contributed by atoms with van der Waals surface area (Å²) in [4.78, 5) is 48.5. The molecule has 47 heavy (non-hydrogen) atoms. The minimum absolute atomic E-state index is 0.0122. The van der Waals surface area contributed by atoms with Crippen molar-refractivity contribution in [2.45, 2.75) is 89.5 Å². The molecule has 4 aliphatic rings. The zero-order valence-corrected chi connectivity index (χ0v) is 27.7. The lowest BCUT2D eigenvalue weighted by molar-refractivity contribution is -0.142. The van der Waals surface area contributed by atoms with E-state index in [4.69, 9.17) is 4.74 Å². The van der Waals surface area contributed by atoms with Crippen molar-refractivity contribution >= 4 is 23.7 Å². The molecule has 3 fully saturated rings. The summed E-state index contributed by atoms with van der Waals surface area (Å²) < 4.78 is 6.04. The highest BCUT2D eigenvalue weighted by Crippen LogP contribution is 2.28. The number of urea groups is 1. The van der Waals surface area contributed by atoms with E-state index in [0.29, 0.717) is 62.7 Å². The summed E-state index contributed by atoms with van der Waals surface area (Å²) in [5, 5.41) is 23.3. The predicted octanol–water partition coefficient (Wildman–Crippen LogP) is 4.06. The lowest BCUT2D eigenvalue weighted by atomic mass is 9.97. The van der Waals surface area contributed by atoms with Crippen LogP contribution in [0.15, 0.2) is 36.4 Å². The Morgan fingerprint density at radius 2 is 1.49 bits per heavy atom. The fourth-order valence-corrected chi connectivity index (χ4v) is 7.76. The molecule has 0 aliphatic carbocycles. The van der Waals surface area contributed by atoms with Gasteiger partial charge in [-0.25, -0.2) is 9.59 Å². The minimum Gasteiger partial charge on any atom is -0.507 e. The van der Waals surface area contributed by atoms with Gasteiger partial charge in [-0.15, -0.1) is 0 Å². The molecule has 11 heteroatoms. The fraction of sp³-hybridized carbons (Fsp3) is 0.583. The number of para-hydroxylation sites is 1. The van der Waals surface area contributed by atoms with Gasteiger partial charge in [-0.05, 0) is 87.1 Å². The third-order valence-corrected chi connectivity index (χ3v) is 10.6. The highest BCUT2D eigenvalue weighted by Gasteiger charge is 2.36. The average molecular weight is 648 g/mol. The number of ether oxygens (including phenoxy) is 1. The van der Waals surface area contributed by atoms with Crippen LogP contribution >= 0.6 is 0 Å². The van der Waals surface area contributed by atoms with Crippen molar-refractivity contribution in [3.05, 3.63) is 58.7 Å². The van der Waals surface area contributed by atoms with E-state index >= 15 is 0 Å². The van der Waals surface area contributed by atoms with E-state index in [1.54, 1.807) is 4.90 Å². The summed E-state index contributed by atoms with van der Waals surface area (Å²) in [7, 11) is 0. The van der Waals surface area contributed by atoms with E-state index in [1.165, 1.54) is 0 Å². The number of aliphatic hydroxyl groups is 1. The second kappa shape index (κ2) is 14.5. The normalized spacial score (nSPS) is 21.2. The van der Waals surface area contributed by atoms with Crippen LogP contribution in [0.3, 0.4) is 0 Å². The number of anilines is 1. The minimum atomic E-state index is -0.986. The van der Waals surface area contributed by atoms with Gasteiger partial charge in [0.15, 0.2) is 6.10 Å². The van der Waals surface area contributed by atoms with E-state index in [1.807, 2.05) is 60.0 Å². The molecule has 11 nitrogen and oxygen atoms in total. The van der Waals surface area contributed by atoms with Gasteiger partial charge in [0.25, 0.3) is 5.91 Å². The number of amides is 4. The number of aliphatic hydroxyl groups excluding tert-OH is 1. The number of fused-ring (bicyclic) bond motifs is 1. The average Bonchev–Trinajstić information content (AvgIpc) is 3.25. The third kappa shape index (κ3) is 7.67. The topological polar surface area (TPSA) is 126 Å². The van der Waals surface area contributed by atoms with Gasteiger partial charge in [-0.3, -0.25) is 4.79 Å². The van der Waals surface area contributed by atoms with Crippen LogP contribution in [0, 0.1) is 13.8 Å². The van der Waals surface area contributed by atoms with Gasteiger partial charge in [0.2, 0.25) is 0 Å². The zero-order chi connectivity index (χ0) is 33.1. The van der Waals surface area contributed by atoms with Gasteiger partial charge in [0, 0.05) is 70.0 Å². The lowest BCUT2D eigenvalue weighted by Crippen LogP contribution is -2.53. The van der Waals surface area contributed by atoms with Gasteiger partial charge < -0.3 is 39.9 Å². The van der Waals surface area contributed by atoms with Gasteiger partial charge >= 0.3 is 12.1 Å². The van der Waals surface area contributed by atoms with Crippen LogP contribution in [0.25, 0.3) is 0 Å². The highest BCUT2D eigenvalue weighted by atomic mass is 16.6. The summed E-state index contributed by atoms with van der Waals surface area (Å²) in [6.45, 7) is 8.10. The van der Waals surface area contributed by atoms with Crippen LogP contribution < -0.4 is 5.32 Å². The van der Waals surface area contributed by atoms with Crippen molar-refractivity contribution in [2.24, 2.45) is 0 Å². The van der Waals surface area contributed by atoms with Crippen LogP contribution in [-0.4, -0.2) is 118 Å². The van der Waals surface area contributed by atoms with Gasteiger partial charge in [-0.1, -0.05) is 30.3 Å². The first-order chi connectivity index (χ1) is 22.7. The molecule has 2 aromatic rings. The first-order valence-corrected chi connectivity index (χ1v) is 17.3. The molecule has 4 amide bonds. The number of aryl methyl sites for hydroxylation is 2. The first-order valence-electron chi connectivity index (χ1n) is 17.3. The molecule has 0 saturated carbocycles. The lowest BCUT2D eigenvalue weighted by Gasteiger charge is -2.41. The maximum Gasteiger partial charge on any atom is 0.410 e. The first kappa shape index (κ1) is 33.1. The maximum atomic E-state index is 14.0.